The summed E-state index contributed by atoms with van der Waals surface area (Å²) in [6, 6.07) is 1.69. The van der Waals surface area contributed by atoms with E-state index >= 15 is 0 Å². The summed E-state index contributed by atoms with van der Waals surface area (Å²) in [7, 11) is -1.99. The predicted octanol–water partition coefficient (Wildman–Crippen LogP) is 0.287. The Kier molecular flexibility index (Phi) is 4.30. The molecular weight excluding hydrogens is 226 g/mol. The third-order valence-electron chi connectivity index (χ3n) is 3.15. The molecule has 1 fully saturated rings. The third-order valence-corrected chi connectivity index (χ3v) is 5.38. The summed E-state index contributed by atoms with van der Waals surface area (Å²) in [5, 5.41) is 7.88. The van der Waals surface area contributed by atoms with Gasteiger partial charge in [0.15, 0.2) is 5.25 Å². The molecule has 2 atom stereocenters. The van der Waals surface area contributed by atoms with Gasteiger partial charge < -0.3 is 5.73 Å². The zero-order valence-corrected chi connectivity index (χ0v) is 10.6. The van der Waals surface area contributed by atoms with E-state index < -0.39 is 15.3 Å². The number of rotatable bonds is 6. The van der Waals surface area contributed by atoms with Crippen molar-refractivity contribution >= 4 is 10.0 Å². The number of nitrogens with zero attached hydrogens (tertiary/aromatic N) is 2. The van der Waals surface area contributed by atoms with Crippen LogP contribution in [-0.2, 0) is 10.0 Å². The van der Waals surface area contributed by atoms with E-state index in [4.69, 9.17) is 11.0 Å². The van der Waals surface area contributed by atoms with Gasteiger partial charge in [-0.2, -0.15) is 9.57 Å². The van der Waals surface area contributed by atoms with Crippen molar-refractivity contribution in [2.45, 2.75) is 37.5 Å². The standard InChI is InChI=1S/C10H19N3O2S/c1-3-9(6-11)16(14,15)13(2)10(7-12)8-4-5-8/h8-10H,3-5,7,12H2,1-2H3. The fraction of sp³-hybridized carbons (Fsp3) is 0.900. The highest BCUT2D eigenvalue weighted by molar-refractivity contribution is 7.90. The van der Waals surface area contributed by atoms with E-state index in [1.807, 2.05) is 6.07 Å². The summed E-state index contributed by atoms with van der Waals surface area (Å²) in [4.78, 5) is 0. The van der Waals surface area contributed by atoms with Gasteiger partial charge in [-0.1, -0.05) is 6.92 Å². The Morgan fingerprint density at radius 2 is 2.12 bits per heavy atom. The minimum Gasteiger partial charge on any atom is -0.329 e. The molecule has 16 heavy (non-hydrogen) atoms. The summed E-state index contributed by atoms with van der Waals surface area (Å²) in [5.41, 5.74) is 5.61. The average Bonchev–Trinajstić information content (AvgIpc) is 3.04. The molecule has 0 saturated heterocycles. The Labute approximate surface area is 97.3 Å². The molecule has 0 aromatic heterocycles. The summed E-state index contributed by atoms with van der Waals surface area (Å²) >= 11 is 0. The molecule has 0 radical (unpaired) electrons. The van der Waals surface area contributed by atoms with Crippen LogP contribution < -0.4 is 5.73 Å². The normalized spacial score (nSPS) is 20.4. The van der Waals surface area contributed by atoms with E-state index in [0.717, 1.165) is 12.8 Å². The Hall–Kier alpha value is -0.640. The molecule has 2 unspecified atom stereocenters. The van der Waals surface area contributed by atoms with Gasteiger partial charge in [0.1, 0.15) is 0 Å². The minimum absolute atomic E-state index is 0.146. The van der Waals surface area contributed by atoms with Gasteiger partial charge in [-0.3, -0.25) is 0 Å². The van der Waals surface area contributed by atoms with Gasteiger partial charge in [0.05, 0.1) is 6.07 Å². The van der Waals surface area contributed by atoms with Gasteiger partial charge in [-0.15, -0.1) is 0 Å². The number of sulfonamides is 1. The fourth-order valence-corrected chi connectivity index (χ4v) is 3.47. The summed E-state index contributed by atoms with van der Waals surface area (Å²) in [6.45, 7) is 2.02. The van der Waals surface area contributed by atoms with Crippen molar-refractivity contribution in [3.05, 3.63) is 0 Å². The smallest absolute Gasteiger partial charge is 0.230 e. The van der Waals surface area contributed by atoms with Crippen molar-refractivity contribution in [1.29, 1.82) is 5.26 Å². The molecule has 0 bridgehead atoms. The summed E-state index contributed by atoms with van der Waals surface area (Å²) < 4.78 is 25.5. The first-order valence-corrected chi connectivity index (χ1v) is 7.05. The SMILES string of the molecule is CCC(C#N)S(=O)(=O)N(C)C(CN)C1CC1. The van der Waals surface area contributed by atoms with Crippen molar-refractivity contribution in [3.63, 3.8) is 0 Å². The Bertz CT molecular complexity index is 370. The maximum Gasteiger partial charge on any atom is 0.230 e. The Balaban J connectivity index is 2.85. The molecule has 0 amide bonds. The zero-order chi connectivity index (χ0) is 12.3. The summed E-state index contributed by atoms with van der Waals surface area (Å²) in [5.74, 6) is 0.376. The van der Waals surface area contributed by atoms with Crippen molar-refractivity contribution < 1.29 is 8.42 Å². The van der Waals surface area contributed by atoms with Crippen LogP contribution in [0.4, 0.5) is 0 Å². The lowest BCUT2D eigenvalue weighted by atomic mass is 10.2. The largest absolute Gasteiger partial charge is 0.329 e. The molecule has 0 aromatic carbocycles. The van der Waals surface area contributed by atoms with Gasteiger partial charge in [0.2, 0.25) is 10.0 Å². The highest BCUT2D eigenvalue weighted by atomic mass is 32.2. The lowest BCUT2D eigenvalue weighted by molar-refractivity contribution is 0.338. The number of nitrogens with two attached hydrogens (primary N) is 1. The van der Waals surface area contributed by atoms with Crippen LogP contribution in [-0.4, -0.2) is 37.6 Å². The van der Waals surface area contributed by atoms with Crippen LogP contribution in [0.3, 0.4) is 0 Å². The van der Waals surface area contributed by atoms with Crippen molar-refractivity contribution in [2.24, 2.45) is 11.7 Å². The van der Waals surface area contributed by atoms with Crippen LogP contribution in [0.2, 0.25) is 0 Å². The zero-order valence-electron chi connectivity index (χ0n) is 9.76. The fourth-order valence-electron chi connectivity index (χ4n) is 1.88. The number of hydrogen-bond donors (Lipinski definition) is 1. The Morgan fingerprint density at radius 3 is 2.44 bits per heavy atom. The van der Waals surface area contributed by atoms with Crippen molar-refractivity contribution in [2.75, 3.05) is 13.6 Å². The third kappa shape index (κ3) is 2.54. The molecule has 1 aliphatic rings. The molecule has 0 spiro atoms. The number of nitriles is 1. The number of hydrogen-bond acceptors (Lipinski definition) is 4. The molecule has 1 aliphatic carbocycles. The Morgan fingerprint density at radius 1 is 1.56 bits per heavy atom. The molecule has 0 aromatic rings. The van der Waals surface area contributed by atoms with Gasteiger partial charge in [-0.25, -0.2) is 8.42 Å². The quantitative estimate of drug-likeness (QED) is 0.728. The van der Waals surface area contributed by atoms with Gasteiger partial charge >= 0.3 is 0 Å². The van der Waals surface area contributed by atoms with Crippen LogP contribution in [0.15, 0.2) is 0 Å². The maximum atomic E-state index is 12.1. The first-order valence-electron chi connectivity index (χ1n) is 5.55. The lowest BCUT2D eigenvalue weighted by Crippen LogP contribution is -2.46. The van der Waals surface area contributed by atoms with Crippen LogP contribution in [0.5, 0.6) is 0 Å². The summed E-state index contributed by atoms with van der Waals surface area (Å²) in [6.07, 6.45) is 2.38. The second kappa shape index (κ2) is 5.13. The molecule has 92 valence electrons. The first kappa shape index (κ1) is 13.4. The van der Waals surface area contributed by atoms with E-state index in [1.165, 1.54) is 11.4 Å². The van der Waals surface area contributed by atoms with E-state index in [-0.39, 0.29) is 6.04 Å². The first-order chi connectivity index (χ1) is 7.48. The van der Waals surface area contributed by atoms with Crippen LogP contribution in [0.25, 0.3) is 0 Å². The predicted molar refractivity (Wildman–Crippen MR) is 61.9 cm³/mol. The molecular formula is C10H19N3O2S. The second-order valence-electron chi connectivity index (χ2n) is 4.23. The molecule has 0 heterocycles. The van der Waals surface area contributed by atoms with Crippen molar-refractivity contribution in [1.82, 2.24) is 4.31 Å². The molecule has 5 nitrogen and oxygen atoms in total. The van der Waals surface area contributed by atoms with E-state index in [0.29, 0.717) is 18.9 Å². The number of likely N-dealkylation sites (N-methyl/N-ethyl adjacent to an activating group) is 1. The van der Waals surface area contributed by atoms with Crippen LogP contribution in [0, 0.1) is 17.2 Å². The molecule has 0 aliphatic heterocycles. The van der Waals surface area contributed by atoms with E-state index in [2.05, 4.69) is 0 Å². The van der Waals surface area contributed by atoms with Gasteiger partial charge in [0.25, 0.3) is 0 Å². The average molecular weight is 245 g/mol. The topological polar surface area (TPSA) is 87.2 Å². The monoisotopic (exact) mass is 245 g/mol. The van der Waals surface area contributed by atoms with Crippen LogP contribution in [0.1, 0.15) is 26.2 Å². The van der Waals surface area contributed by atoms with E-state index in [9.17, 15) is 8.42 Å². The molecule has 1 saturated carbocycles. The van der Waals surface area contributed by atoms with Crippen LogP contribution >= 0.6 is 0 Å². The molecule has 1 rings (SSSR count). The lowest BCUT2D eigenvalue weighted by Gasteiger charge is -2.27. The maximum absolute atomic E-state index is 12.1. The van der Waals surface area contributed by atoms with Crippen molar-refractivity contribution in [3.8, 4) is 6.07 Å². The molecule has 2 N–H and O–H groups in total. The highest BCUT2D eigenvalue weighted by Crippen LogP contribution is 2.35. The minimum atomic E-state index is -3.53. The highest BCUT2D eigenvalue weighted by Gasteiger charge is 2.40. The van der Waals surface area contributed by atoms with Gasteiger partial charge in [-0.05, 0) is 25.2 Å². The van der Waals surface area contributed by atoms with E-state index in [1.54, 1.807) is 6.92 Å². The van der Waals surface area contributed by atoms with Gasteiger partial charge in [0, 0.05) is 19.6 Å². The second-order valence-corrected chi connectivity index (χ2v) is 6.40. The molecule has 6 heteroatoms.